The van der Waals surface area contributed by atoms with Crippen LogP contribution in [0.15, 0.2) is 158 Å². The summed E-state index contributed by atoms with van der Waals surface area (Å²) in [6.07, 6.45) is 0. The van der Waals surface area contributed by atoms with E-state index >= 15 is 0 Å². The number of fused-ring (bicyclic) bond motifs is 5. The molecule has 0 aliphatic carbocycles. The highest BCUT2D eigenvalue weighted by atomic mass is 15.0. The minimum atomic E-state index is 0.332. The summed E-state index contributed by atoms with van der Waals surface area (Å²) in [4.78, 5) is 0. The van der Waals surface area contributed by atoms with Crippen molar-refractivity contribution in [2.45, 2.75) is 0 Å². The SMILES string of the molecule is N#Cc1cc(C#N)c(-c2ccc(-c3c4ccccc4c(-c4ccccc4)c4ccccc34)cc2C#N)c(-n2c3ccccc3c3ccccc32)c1. The quantitative estimate of drug-likeness (QED) is 0.179. The van der Waals surface area contributed by atoms with Crippen molar-refractivity contribution in [2.75, 3.05) is 0 Å². The van der Waals surface area contributed by atoms with Gasteiger partial charge in [0, 0.05) is 21.9 Å². The molecule has 4 heteroatoms. The van der Waals surface area contributed by atoms with Gasteiger partial charge in [0.2, 0.25) is 0 Å². The number of rotatable bonds is 4. The van der Waals surface area contributed by atoms with E-state index < -0.39 is 0 Å². The first-order chi connectivity index (χ1) is 25.2. The average Bonchev–Trinajstić information content (AvgIpc) is 3.53. The highest BCUT2D eigenvalue weighted by molar-refractivity contribution is 6.21. The van der Waals surface area contributed by atoms with Crippen LogP contribution < -0.4 is 0 Å². The van der Waals surface area contributed by atoms with E-state index in [9.17, 15) is 15.8 Å². The van der Waals surface area contributed by atoms with Gasteiger partial charge in [-0.05, 0) is 74.1 Å². The molecule has 0 saturated heterocycles. The van der Waals surface area contributed by atoms with Crippen LogP contribution in [0.25, 0.3) is 82.4 Å². The zero-order valence-electron chi connectivity index (χ0n) is 27.3. The van der Waals surface area contributed by atoms with Crippen LogP contribution in [0, 0.1) is 34.0 Å². The first-order valence-corrected chi connectivity index (χ1v) is 16.7. The molecule has 4 nitrogen and oxygen atoms in total. The number of aromatic nitrogens is 1. The van der Waals surface area contributed by atoms with Gasteiger partial charge < -0.3 is 4.57 Å². The van der Waals surface area contributed by atoms with Crippen molar-refractivity contribution in [2.24, 2.45) is 0 Å². The Hall–Kier alpha value is -7.45. The predicted octanol–water partition coefficient (Wildman–Crippen LogP) is 11.7. The zero-order chi connectivity index (χ0) is 34.5. The molecule has 0 aliphatic heterocycles. The fourth-order valence-electron chi connectivity index (χ4n) is 7.79. The van der Waals surface area contributed by atoms with Crippen LogP contribution in [0.2, 0.25) is 0 Å². The summed E-state index contributed by atoms with van der Waals surface area (Å²) in [6, 6.07) is 60.1. The molecule has 0 atom stereocenters. The van der Waals surface area contributed by atoms with E-state index in [0.29, 0.717) is 33.5 Å². The summed E-state index contributed by atoms with van der Waals surface area (Å²) in [5.41, 5.74) is 9.25. The molecule has 234 valence electrons. The summed E-state index contributed by atoms with van der Waals surface area (Å²) in [6.45, 7) is 0. The normalized spacial score (nSPS) is 11.1. The van der Waals surface area contributed by atoms with Crippen LogP contribution in [0.1, 0.15) is 16.7 Å². The number of hydrogen-bond acceptors (Lipinski definition) is 3. The summed E-state index contributed by atoms with van der Waals surface area (Å²) >= 11 is 0. The Bertz CT molecular complexity index is 2890. The van der Waals surface area contributed by atoms with Gasteiger partial charge in [0.15, 0.2) is 0 Å². The minimum absolute atomic E-state index is 0.332. The molecule has 0 unspecified atom stereocenters. The third kappa shape index (κ3) is 4.58. The topological polar surface area (TPSA) is 76.3 Å². The molecule has 0 N–H and O–H groups in total. The van der Waals surface area contributed by atoms with Gasteiger partial charge in [-0.15, -0.1) is 0 Å². The standard InChI is InChI=1S/C47H26N4/c48-27-30-24-34(29-50)47(44(25-30)51-42-20-10-8-14-36(42)37-15-9-11-21-43(37)51)35-23-22-32(26-33(35)28-49)46-40-18-6-4-16-38(40)45(31-12-2-1-3-13-31)39-17-5-7-19-41(39)46/h1-26H. The molecule has 9 aromatic rings. The fourth-order valence-corrected chi connectivity index (χ4v) is 7.79. The Morgan fingerprint density at radius 1 is 0.373 bits per heavy atom. The summed E-state index contributed by atoms with van der Waals surface area (Å²) < 4.78 is 2.11. The van der Waals surface area contributed by atoms with Crippen LogP contribution in [0.4, 0.5) is 0 Å². The zero-order valence-corrected chi connectivity index (χ0v) is 27.3. The second kappa shape index (κ2) is 11.9. The van der Waals surface area contributed by atoms with E-state index in [2.05, 4.69) is 114 Å². The Morgan fingerprint density at radius 3 is 1.39 bits per heavy atom. The van der Waals surface area contributed by atoms with E-state index in [-0.39, 0.29) is 0 Å². The molecular weight excluding hydrogens is 621 g/mol. The maximum absolute atomic E-state index is 10.8. The first-order valence-electron chi connectivity index (χ1n) is 16.7. The molecule has 0 bridgehead atoms. The van der Waals surface area contributed by atoms with E-state index in [1.165, 1.54) is 5.56 Å². The Kier molecular flexibility index (Phi) is 6.93. The van der Waals surface area contributed by atoms with Crippen molar-refractivity contribution in [3.05, 3.63) is 174 Å². The molecule has 0 fully saturated rings. The van der Waals surface area contributed by atoms with E-state index in [1.807, 2.05) is 60.7 Å². The molecule has 1 heterocycles. The largest absolute Gasteiger partial charge is 0.309 e. The van der Waals surface area contributed by atoms with Crippen LogP contribution >= 0.6 is 0 Å². The maximum atomic E-state index is 10.8. The predicted molar refractivity (Wildman–Crippen MR) is 206 cm³/mol. The average molecular weight is 647 g/mol. The van der Waals surface area contributed by atoms with Gasteiger partial charge >= 0.3 is 0 Å². The highest BCUT2D eigenvalue weighted by Gasteiger charge is 2.23. The Balaban J connectivity index is 1.34. The Morgan fingerprint density at radius 2 is 0.863 bits per heavy atom. The molecule has 1 aromatic heterocycles. The second-order valence-electron chi connectivity index (χ2n) is 12.6. The van der Waals surface area contributed by atoms with E-state index in [1.54, 1.807) is 6.07 Å². The van der Waals surface area contributed by atoms with Gasteiger partial charge in [-0.25, -0.2) is 0 Å². The highest BCUT2D eigenvalue weighted by Crippen LogP contribution is 2.45. The van der Waals surface area contributed by atoms with Crippen LogP contribution in [-0.2, 0) is 0 Å². The molecule has 0 radical (unpaired) electrons. The molecule has 51 heavy (non-hydrogen) atoms. The molecule has 9 rings (SSSR count). The van der Waals surface area contributed by atoms with Crippen molar-refractivity contribution in [3.63, 3.8) is 0 Å². The lowest BCUT2D eigenvalue weighted by atomic mass is 9.84. The monoisotopic (exact) mass is 646 g/mol. The number of nitriles is 3. The lowest BCUT2D eigenvalue weighted by Gasteiger charge is -2.19. The van der Waals surface area contributed by atoms with E-state index in [0.717, 1.165) is 60.0 Å². The van der Waals surface area contributed by atoms with Gasteiger partial charge in [0.05, 0.1) is 51.6 Å². The van der Waals surface area contributed by atoms with Gasteiger partial charge in [-0.2, -0.15) is 15.8 Å². The number of para-hydroxylation sites is 2. The van der Waals surface area contributed by atoms with Gasteiger partial charge in [0.25, 0.3) is 0 Å². The number of benzene rings is 8. The number of hydrogen-bond donors (Lipinski definition) is 0. The summed E-state index contributed by atoms with van der Waals surface area (Å²) in [5, 5.41) is 38.0. The summed E-state index contributed by atoms with van der Waals surface area (Å²) in [5.74, 6) is 0. The van der Waals surface area contributed by atoms with Crippen molar-refractivity contribution >= 4 is 43.4 Å². The molecule has 0 amide bonds. The minimum Gasteiger partial charge on any atom is -0.309 e. The van der Waals surface area contributed by atoms with Crippen molar-refractivity contribution in [1.29, 1.82) is 15.8 Å². The second-order valence-corrected chi connectivity index (χ2v) is 12.6. The van der Waals surface area contributed by atoms with Crippen LogP contribution in [0.3, 0.4) is 0 Å². The van der Waals surface area contributed by atoms with Crippen LogP contribution in [-0.4, -0.2) is 4.57 Å². The summed E-state index contributed by atoms with van der Waals surface area (Å²) in [7, 11) is 0. The van der Waals surface area contributed by atoms with E-state index in [4.69, 9.17) is 0 Å². The lowest BCUT2D eigenvalue weighted by Crippen LogP contribution is -2.02. The lowest BCUT2D eigenvalue weighted by molar-refractivity contribution is 1.17. The third-order valence-electron chi connectivity index (χ3n) is 9.88. The van der Waals surface area contributed by atoms with Gasteiger partial charge in [-0.3, -0.25) is 0 Å². The molecular formula is C47H26N4. The van der Waals surface area contributed by atoms with Crippen molar-refractivity contribution in [3.8, 4) is 57.3 Å². The first kappa shape index (κ1) is 29.7. The maximum Gasteiger partial charge on any atom is 0.0999 e. The van der Waals surface area contributed by atoms with Crippen molar-refractivity contribution in [1.82, 2.24) is 4.57 Å². The van der Waals surface area contributed by atoms with Crippen LogP contribution in [0.5, 0.6) is 0 Å². The fraction of sp³-hybridized carbons (Fsp3) is 0. The third-order valence-corrected chi connectivity index (χ3v) is 9.88. The van der Waals surface area contributed by atoms with Gasteiger partial charge in [-0.1, -0.05) is 127 Å². The smallest absolute Gasteiger partial charge is 0.0999 e. The Labute approximate surface area is 294 Å². The molecule has 8 aromatic carbocycles. The molecule has 0 spiro atoms. The number of nitrogens with zero attached hydrogens (tertiary/aromatic N) is 4. The van der Waals surface area contributed by atoms with Crippen molar-refractivity contribution < 1.29 is 0 Å². The molecule has 0 saturated carbocycles. The molecule has 0 aliphatic rings. The van der Waals surface area contributed by atoms with Gasteiger partial charge in [0.1, 0.15) is 0 Å².